The van der Waals surface area contributed by atoms with E-state index >= 15 is 0 Å². The van der Waals surface area contributed by atoms with E-state index in [0.29, 0.717) is 30.1 Å². The molecule has 4 rings (SSSR count). The number of nitrogens with zero attached hydrogens (tertiary/aromatic N) is 3. The maximum absolute atomic E-state index is 12.9. The van der Waals surface area contributed by atoms with Crippen LogP contribution in [0.1, 0.15) is 47.2 Å². The molecule has 2 aliphatic rings. The average Bonchev–Trinajstić information content (AvgIpc) is 2.93. The monoisotopic (exact) mass is 411 g/mol. The minimum absolute atomic E-state index is 0.123. The van der Waals surface area contributed by atoms with Gasteiger partial charge >= 0.3 is 0 Å². The molecule has 2 heterocycles. The number of carbonyl (C=O) groups is 1. The Morgan fingerprint density at radius 3 is 2.62 bits per heavy atom. The van der Waals surface area contributed by atoms with Gasteiger partial charge in [-0.3, -0.25) is 4.79 Å². The normalized spacial score (nSPS) is 17.6. The third kappa shape index (κ3) is 3.92. The lowest BCUT2D eigenvalue weighted by molar-refractivity contribution is 0.0785. The van der Waals surface area contributed by atoms with Crippen molar-refractivity contribution in [2.45, 2.75) is 44.0 Å². The lowest BCUT2D eigenvalue weighted by atomic mass is 10.1. The summed E-state index contributed by atoms with van der Waals surface area (Å²) >= 11 is 0. The second-order valence-electron chi connectivity index (χ2n) is 7.77. The van der Waals surface area contributed by atoms with E-state index in [1.165, 1.54) is 6.07 Å². The zero-order valence-corrected chi connectivity index (χ0v) is 17.6. The van der Waals surface area contributed by atoms with Gasteiger partial charge in [-0.25, -0.2) is 0 Å². The molecule has 2 aliphatic heterocycles. The molecular formula is C22H25N3O3S. The van der Waals surface area contributed by atoms with Gasteiger partial charge in [0.25, 0.3) is 15.9 Å². The summed E-state index contributed by atoms with van der Waals surface area (Å²) in [6.45, 7) is 3.23. The first-order chi connectivity index (χ1) is 13.8. The molecule has 0 aromatic heterocycles. The first kappa shape index (κ1) is 19.6. The third-order valence-electron chi connectivity index (χ3n) is 5.48. The van der Waals surface area contributed by atoms with Crippen LogP contribution < -0.4 is 4.90 Å². The second-order valence-corrected chi connectivity index (χ2v) is 9.35. The van der Waals surface area contributed by atoms with Gasteiger partial charge in [-0.1, -0.05) is 36.2 Å². The summed E-state index contributed by atoms with van der Waals surface area (Å²) in [5.41, 5.74) is 3.18. The van der Waals surface area contributed by atoms with Gasteiger partial charge in [-0.05, 0) is 43.5 Å². The summed E-state index contributed by atoms with van der Waals surface area (Å²) in [4.78, 5) is 16.6. The predicted molar refractivity (Wildman–Crippen MR) is 114 cm³/mol. The Balaban J connectivity index is 1.63. The topological polar surface area (TPSA) is 70.0 Å². The number of fused-ring (bicyclic) bond motifs is 3. The molecular weight excluding hydrogens is 386 g/mol. The van der Waals surface area contributed by atoms with Crippen molar-refractivity contribution in [2.24, 2.45) is 4.40 Å². The zero-order valence-electron chi connectivity index (χ0n) is 16.8. The number of amides is 1. The van der Waals surface area contributed by atoms with E-state index in [9.17, 15) is 13.2 Å². The van der Waals surface area contributed by atoms with Crippen LogP contribution >= 0.6 is 0 Å². The summed E-state index contributed by atoms with van der Waals surface area (Å²) in [5, 5.41) is 0. The van der Waals surface area contributed by atoms with Crippen LogP contribution in [0.5, 0.6) is 0 Å². The molecule has 152 valence electrons. The van der Waals surface area contributed by atoms with Gasteiger partial charge in [0.05, 0.1) is 5.69 Å². The Morgan fingerprint density at radius 2 is 1.86 bits per heavy atom. The Hall–Kier alpha value is -2.67. The fraction of sp³-hybridized carbons (Fsp3) is 0.364. The number of aryl methyl sites for hydroxylation is 1. The van der Waals surface area contributed by atoms with E-state index in [1.807, 2.05) is 36.1 Å². The van der Waals surface area contributed by atoms with Gasteiger partial charge in [-0.2, -0.15) is 8.42 Å². The number of amidine groups is 1. The van der Waals surface area contributed by atoms with Crippen LogP contribution in [0.2, 0.25) is 0 Å². The van der Waals surface area contributed by atoms with Crippen LogP contribution in [0.3, 0.4) is 0 Å². The number of rotatable bonds is 3. The van der Waals surface area contributed by atoms with Crippen LogP contribution in [0.4, 0.5) is 5.69 Å². The molecule has 2 aromatic carbocycles. The summed E-state index contributed by atoms with van der Waals surface area (Å²) in [6.07, 6.45) is 3.67. The van der Waals surface area contributed by atoms with Crippen molar-refractivity contribution in [1.82, 2.24) is 4.90 Å². The van der Waals surface area contributed by atoms with Crippen molar-refractivity contribution in [1.29, 1.82) is 0 Å². The maximum atomic E-state index is 12.9. The second kappa shape index (κ2) is 7.63. The van der Waals surface area contributed by atoms with Gasteiger partial charge in [0.2, 0.25) is 0 Å². The Labute approximate surface area is 171 Å². The van der Waals surface area contributed by atoms with Gasteiger partial charge in [-0.15, -0.1) is 4.40 Å². The molecule has 0 aliphatic carbocycles. The quantitative estimate of drug-likeness (QED) is 0.771. The molecule has 2 aromatic rings. The molecule has 7 heteroatoms. The fourth-order valence-corrected chi connectivity index (χ4v) is 5.16. The van der Waals surface area contributed by atoms with Crippen LogP contribution in [0.25, 0.3) is 0 Å². The van der Waals surface area contributed by atoms with Crippen molar-refractivity contribution in [2.75, 3.05) is 18.5 Å². The minimum Gasteiger partial charge on any atom is -0.337 e. The van der Waals surface area contributed by atoms with E-state index in [4.69, 9.17) is 0 Å². The highest BCUT2D eigenvalue weighted by Gasteiger charge is 2.32. The standard InChI is InChI=1S/C22H25N3O3S/c1-16-7-9-17(10-8-16)15-24(2)22(26)18-11-12-19-20(14-18)29(27,28)23-21-6-4-3-5-13-25(19)21/h7-12,14H,3-6,13,15H2,1-2H3. The number of hydrogen-bond acceptors (Lipinski definition) is 4. The van der Waals surface area contributed by atoms with Gasteiger partial charge < -0.3 is 9.80 Å². The lowest BCUT2D eigenvalue weighted by Gasteiger charge is -2.30. The van der Waals surface area contributed by atoms with Crippen LogP contribution in [0, 0.1) is 6.92 Å². The highest BCUT2D eigenvalue weighted by molar-refractivity contribution is 7.90. The molecule has 0 unspecified atom stereocenters. The highest BCUT2D eigenvalue weighted by Crippen LogP contribution is 2.35. The lowest BCUT2D eigenvalue weighted by Crippen LogP contribution is -2.35. The van der Waals surface area contributed by atoms with Crippen LogP contribution in [0.15, 0.2) is 51.8 Å². The average molecular weight is 412 g/mol. The molecule has 0 saturated carbocycles. The molecule has 6 nitrogen and oxygen atoms in total. The Kier molecular flexibility index (Phi) is 5.17. The van der Waals surface area contributed by atoms with Gasteiger partial charge in [0, 0.05) is 32.1 Å². The predicted octanol–water partition coefficient (Wildman–Crippen LogP) is 3.75. The molecule has 1 amide bonds. The summed E-state index contributed by atoms with van der Waals surface area (Å²) in [5.74, 6) is 0.403. The number of carbonyl (C=O) groups excluding carboxylic acids is 1. The van der Waals surface area contributed by atoms with E-state index in [1.54, 1.807) is 24.1 Å². The van der Waals surface area contributed by atoms with Crippen molar-refractivity contribution in [3.05, 3.63) is 59.2 Å². The third-order valence-corrected chi connectivity index (χ3v) is 6.82. The SMILES string of the molecule is Cc1ccc(CN(C)C(=O)c2ccc3c(c2)S(=O)(=O)N=C2CCCCCN23)cc1. The molecule has 0 spiro atoms. The van der Waals surface area contributed by atoms with Crippen LogP contribution in [-0.2, 0) is 16.6 Å². The largest absolute Gasteiger partial charge is 0.337 e. The van der Waals surface area contributed by atoms with E-state index < -0.39 is 10.0 Å². The van der Waals surface area contributed by atoms with Crippen molar-refractivity contribution < 1.29 is 13.2 Å². The molecule has 1 fully saturated rings. The van der Waals surface area contributed by atoms with Crippen molar-refractivity contribution >= 4 is 27.5 Å². The number of anilines is 1. The molecule has 1 saturated heterocycles. The summed E-state index contributed by atoms with van der Waals surface area (Å²) in [7, 11) is -2.08. The maximum Gasteiger partial charge on any atom is 0.286 e. The van der Waals surface area contributed by atoms with Crippen LogP contribution in [-0.4, -0.2) is 38.7 Å². The molecule has 0 bridgehead atoms. The first-order valence-corrected chi connectivity index (χ1v) is 11.4. The fourth-order valence-electron chi connectivity index (χ4n) is 3.87. The number of benzene rings is 2. The van der Waals surface area contributed by atoms with E-state index in [0.717, 1.165) is 36.9 Å². The molecule has 0 radical (unpaired) electrons. The Bertz CT molecular complexity index is 1070. The molecule has 0 N–H and O–H groups in total. The minimum atomic E-state index is -3.80. The van der Waals surface area contributed by atoms with Crippen molar-refractivity contribution in [3.63, 3.8) is 0 Å². The van der Waals surface area contributed by atoms with Gasteiger partial charge in [0.15, 0.2) is 0 Å². The first-order valence-electron chi connectivity index (χ1n) is 9.91. The number of hydrogen-bond donors (Lipinski definition) is 0. The van der Waals surface area contributed by atoms with Crippen molar-refractivity contribution in [3.8, 4) is 0 Å². The molecule has 29 heavy (non-hydrogen) atoms. The smallest absolute Gasteiger partial charge is 0.286 e. The van der Waals surface area contributed by atoms with Gasteiger partial charge in [0.1, 0.15) is 10.7 Å². The zero-order chi connectivity index (χ0) is 20.6. The Morgan fingerprint density at radius 1 is 1.10 bits per heavy atom. The van der Waals surface area contributed by atoms with E-state index in [2.05, 4.69) is 4.40 Å². The molecule has 0 atom stereocenters. The summed E-state index contributed by atoms with van der Waals surface area (Å²) < 4.78 is 29.6. The summed E-state index contributed by atoms with van der Waals surface area (Å²) in [6, 6.07) is 12.9. The van der Waals surface area contributed by atoms with E-state index in [-0.39, 0.29) is 10.8 Å². The number of sulfonamides is 1. The highest BCUT2D eigenvalue weighted by atomic mass is 32.2.